The zero-order valence-electron chi connectivity index (χ0n) is 10.2. The first-order chi connectivity index (χ1) is 8.69. The third kappa shape index (κ3) is 3.04. The molecule has 0 fully saturated rings. The largest absolute Gasteiger partial charge is 0.385 e. The highest BCUT2D eigenvalue weighted by Crippen LogP contribution is 2.17. The highest BCUT2D eigenvalue weighted by atomic mass is 32.1. The normalized spacial score (nSPS) is 10.1. The zero-order chi connectivity index (χ0) is 13.0. The molecule has 0 aromatic carbocycles. The van der Waals surface area contributed by atoms with Crippen LogP contribution in [0.3, 0.4) is 0 Å². The van der Waals surface area contributed by atoms with Crippen molar-refractivity contribution in [1.29, 1.82) is 0 Å². The molecule has 0 saturated carbocycles. The third-order valence-electron chi connectivity index (χ3n) is 2.22. The summed E-state index contributed by atoms with van der Waals surface area (Å²) in [4.78, 5) is 21.1. The van der Waals surface area contributed by atoms with Crippen molar-refractivity contribution in [2.75, 3.05) is 17.2 Å². The number of thiazole rings is 1. The van der Waals surface area contributed by atoms with Gasteiger partial charge in [0.05, 0.1) is 0 Å². The molecule has 0 atom stereocenters. The summed E-state index contributed by atoms with van der Waals surface area (Å²) in [5, 5.41) is 6.46. The summed E-state index contributed by atoms with van der Waals surface area (Å²) < 4.78 is 0. The van der Waals surface area contributed by atoms with Gasteiger partial charge in [0.25, 0.3) is 5.91 Å². The summed E-state index contributed by atoms with van der Waals surface area (Å²) in [6, 6.07) is 3.55. The Morgan fingerprint density at radius 2 is 2.28 bits per heavy atom. The Morgan fingerprint density at radius 3 is 2.94 bits per heavy atom. The number of hydrogen-bond donors (Lipinski definition) is 2. The van der Waals surface area contributed by atoms with E-state index >= 15 is 0 Å². The molecule has 0 radical (unpaired) electrons. The number of amides is 1. The van der Waals surface area contributed by atoms with Gasteiger partial charge in [0.15, 0.2) is 5.13 Å². The number of anilines is 2. The van der Waals surface area contributed by atoms with Gasteiger partial charge < -0.3 is 5.32 Å². The van der Waals surface area contributed by atoms with Gasteiger partial charge in [-0.05, 0) is 26.0 Å². The first-order valence-corrected chi connectivity index (χ1v) is 6.44. The first kappa shape index (κ1) is 12.5. The second kappa shape index (κ2) is 5.59. The standard InChI is InChI=1S/C12H14N4OS/c1-3-13-9-4-5-14-10(6-9)11(17)16-12-15-7-8(2)18-12/h4-7H,3H2,1-2H3,(H,13,14)(H,15,16,17). The van der Waals surface area contributed by atoms with Crippen molar-refractivity contribution < 1.29 is 4.79 Å². The maximum Gasteiger partial charge on any atom is 0.276 e. The summed E-state index contributed by atoms with van der Waals surface area (Å²) in [6.07, 6.45) is 3.34. The highest BCUT2D eigenvalue weighted by molar-refractivity contribution is 7.15. The second-order valence-electron chi connectivity index (χ2n) is 3.69. The topological polar surface area (TPSA) is 66.9 Å². The van der Waals surface area contributed by atoms with E-state index in [0.29, 0.717) is 10.8 Å². The Morgan fingerprint density at radius 1 is 1.44 bits per heavy atom. The van der Waals surface area contributed by atoms with E-state index in [4.69, 9.17) is 0 Å². The second-order valence-corrected chi connectivity index (χ2v) is 4.93. The lowest BCUT2D eigenvalue weighted by Crippen LogP contribution is -2.13. The lowest BCUT2D eigenvalue weighted by Gasteiger charge is -2.05. The molecule has 6 heteroatoms. The van der Waals surface area contributed by atoms with E-state index in [1.54, 1.807) is 18.5 Å². The minimum Gasteiger partial charge on any atom is -0.385 e. The van der Waals surface area contributed by atoms with Crippen LogP contribution in [0.15, 0.2) is 24.5 Å². The van der Waals surface area contributed by atoms with E-state index in [-0.39, 0.29) is 5.91 Å². The summed E-state index contributed by atoms with van der Waals surface area (Å²) in [5.41, 5.74) is 1.26. The molecular formula is C12H14N4OS. The fourth-order valence-electron chi connectivity index (χ4n) is 1.44. The third-order valence-corrected chi connectivity index (χ3v) is 3.04. The molecule has 2 rings (SSSR count). The minimum absolute atomic E-state index is 0.246. The summed E-state index contributed by atoms with van der Waals surface area (Å²) in [5.74, 6) is -0.246. The Balaban J connectivity index is 2.11. The Labute approximate surface area is 109 Å². The summed E-state index contributed by atoms with van der Waals surface area (Å²) in [6.45, 7) is 4.74. The van der Waals surface area contributed by atoms with Crippen LogP contribution in [0.1, 0.15) is 22.3 Å². The van der Waals surface area contributed by atoms with Crippen molar-refractivity contribution in [2.45, 2.75) is 13.8 Å². The number of carbonyl (C=O) groups excluding carboxylic acids is 1. The van der Waals surface area contributed by atoms with Crippen molar-refractivity contribution >= 4 is 28.1 Å². The number of aryl methyl sites for hydroxylation is 1. The molecule has 0 unspecified atom stereocenters. The summed E-state index contributed by atoms with van der Waals surface area (Å²) in [7, 11) is 0. The molecule has 94 valence electrons. The van der Waals surface area contributed by atoms with Gasteiger partial charge >= 0.3 is 0 Å². The van der Waals surface area contributed by atoms with Gasteiger partial charge in [0.1, 0.15) is 5.69 Å². The monoisotopic (exact) mass is 262 g/mol. The van der Waals surface area contributed by atoms with E-state index < -0.39 is 0 Å². The maximum absolute atomic E-state index is 11.9. The quantitative estimate of drug-likeness (QED) is 0.888. The molecule has 2 heterocycles. The Bertz CT molecular complexity index is 553. The fourth-order valence-corrected chi connectivity index (χ4v) is 2.10. The van der Waals surface area contributed by atoms with Crippen LogP contribution in [0.25, 0.3) is 0 Å². The molecule has 0 bridgehead atoms. The molecule has 1 amide bonds. The Kier molecular flexibility index (Phi) is 3.88. The van der Waals surface area contributed by atoms with Gasteiger partial charge in [-0.1, -0.05) is 0 Å². The van der Waals surface area contributed by atoms with Crippen molar-refractivity contribution in [3.8, 4) is 0 Å². The number of nitrogens with one attached hydrogen (secondary N) is 2. The van der Waals surface area contributed by atoms with Gasteiger partial charge in [-0.2, -0.15) is 0 Å². The van der Waals surface area contributed by atoms with E-state index in [1.807, 2.05) is 19.9 Å². The molecule has 0 aliphatic rings. The van der Waals surface area contributed by atoms with E-state index in [1.165, 1.54) is 11.3 Å². The number of nitrogens with zero attached hydrogens (tertiary/aromatic N) is 2. The first-order valence-electron chi connectivity index (χ1n) is 5.62. The van der Waals surface area contributed by atoms with Crippen molar-refractivity contribution in [1.82, 2.24) is 9.97 Å². The van der Waals surface area contributed by atoms with Gasteiger partial charge in [-0.3, -0.25) is 15.1 Å². The lowest BCUT2D eigenvalue weighted by atomic mass is 10.3. The van der Waals surface area contributed by atoms with Crippen LogP contribution in [0, 0.1) is 6.92 Å². The number of rotatable bonds is 4. The zero-order valence-corrected chi connectivity index (χ0v) is 11.0. The lowest BCUT2D eigenvalue weighted by molar-refractivity contribution is 0.102. The predicted octanol–water partition coefficient (Wildman–Crippen LogP) is 2.53. The van der Waals surface area contributed by atoms with E-state index in [0.717, 1.165) is 17.1 Å². The van der Waals surface area contributed by atoms with Crippen molar-refractivity contribution in [3.63, 3.8) is 0 Å². The molecule has 2 aromatic heterocycles. The molecule has 18 heavy (non-hydrogen) atoms. The molecule has 0 aliphatic heterocycles. The summed E-state index contributed by atoms with van der Waals surface area (Å²) >= 11 is 1.44. The van der Waals surface area contributed by atoms with Crippen molar-refractivity contribution in [2.24, 2.45) is 0 Å². The smallest absolute Gasteiger partial charge is 0.276 e. The van der Waals surface area contributed by atoms with Crippen LogP contribution in [-0.2, 0) is 0 Å². The van der Waals surface area contributed by atoms with Crippen LogP contribution in [0.4, 0.5) is 10.8 Å². The number of hydrogen-bond acceptors (Lipinski definition) is 5. The number of carbonyl (C=O) groups is 1. The van der Waals surface area contributed by atoms with Gasteiger partial charge in [-0.15, -0.1) is 11.3 Å². The van der Waals surface area contributed by atoms with Gasteiger partial charge in [0.2, 0.25) is 0 Å². The number of aromatic nitrogens is 2. The average Bonchev–Trinajstić information content (AvgIpc) is 2.75. The maximum atomic E-state index is 11.9. The number of pyridine rings is 1. The van der Waals surface area contributed by atoms with Crippen LogP contribution >= 0.6 is 11.3 Å². The van der Waals surface area contributed by atoms with Crippen LogP contribution in [-0.4, -0.2) is 22.4 Å². The molecule has 2 aromatic rings. The molecule has 5 nitrogen and oxygen atoms in total. The molecule has 0 spiro atoms. The predicted molar refractivity (Wildman–Crippen MR) is 73.2 cm³/mol. The van der Waals surface area contributed by atoms with Crippen LogP contribution < -0.4 is 10.6 Å². The van der Waals surface area contributed by atoms with E-state index in [2.05, 4.69) is 20.6 Å². The molecule has 2 N–H and O–H groups in total. The Hall–Kier alpha value is -1.95. The SMILES string of the molecule is CCNc1ccnc(C(=O)Nc2ncc(C)s2)c1. The molecule has 0 aliphatic carbocycles. The van der Waals surface area contributed by atoms with E-state index in [9.17, 15) is 4.79 Å². The van der Waals surface area contributed by atoms with Crippen molar-refractivity contribution in [3.05, 3.63) is 35.1 Å². The average molecular weight is 262 g/mol. The molecule has 0 saturated heterocycles. The van der Waals surface area contributed by atoms with Gasteiger partial charge in [0, 0.05) is 29.5 Å². The van der Waals surface area contributed by atoms with Crippen LogP contribution in [0.5, 0.6) is 0 Å². The minimum atomic E-state index is -0.246. The molecular weight excluding hydrogens is 248 g/mol. The fraction of sp³-hybridized carbons (Fsp3) is 0.250. The van der Waals surface area contributed by atoms with Gasteiger partial charge in [-0.25, -0.2) is 4.98 Å². The van der Waals surface area contributed by atoms with Crippen LogP contribution in [0.2, 0.25) is 0 Å². The highest BCUT2D eigenvalue weighted by Gasteiger charge is 2.10.